The van der Waals surface area contributed by atoms with E-state index in [9.17, 15) is 4.39 Å². The third-order valence-electron chi connectivity index (χ3n) is 5.07. The van der Waals surface area contributed by atoms with Gasteiger partial charge in [-0.15, -0.1) is 0 Å². The molecule has 2 N–H and O–H groups in total. The number of fused-ring (bicyclic) bond motifs is 2. The number of rotatable bonds is 3. The summed E-state index contributed by atoms with van der Waals surface area (Å²) in [7, 11) is 0. The summed E-state index contributed by atoms with van der Waals surface area (Å²) in [5.41, 5.74) is 7.22. The highest BCUT2D eigenvalue weighted by molar-refractivity contribution is 5.24. The normalized spacial score (nSPS) is 33.6. The number of hydrogen-bond donors (Lipinski definition) is 1. The largest absolute Gasteiger partial charge is 0.322 e. The summed E-state index contributed by atoms with van der Waals surface area (Å²) in [4.78, 5) is 0. The van der Waals surface area contributed by atoms with E-state index in [2.05, 4.69) is 6.92 Å². The van der Waals surface area contributed by atoms with Gasteiger partial charge in [0.25, 0.3) is 0 Å². The second-order valence-electron chi connectivity index (χ2n) is 6.56. The third-order valence-corrected chi connectivity index (χ3v) is 5.07. The second-order valence-corrected chi connectivity index (χ2v) is 6.56. The van der Waals surface area contributed by atoms with Crippen LogP contribution < -0.4 is 5.73 Å². The molecule has 0 saturated heterocycles. The summed E-state index contributed by atoms with van der Waals surface area (Å²) in [6.45, 7) is 2.09. The highest BCUT2D eigenvalue weighted by atomic mass is 19.1. The molecule has 3 rings (SSSR count). The molecule has 2 saturated carbocycles. The molecule has 4 unspecified atom stereocenters. The maximum absolute atomic E-state index is 13.0. The predicted octanol–water partition coefficient (Wildman–Crippen LogP) is 3.83. The van der Waals surface area contributed by atoms with Crippen LogP contribution in [0.1, 0.15) is 44.6 Å². The molecule has 2 aliphatic rings. The van der Waals surface area contributed by atoms with E-state index in [4.69, 9.17) is 5.73 Å². The second kappa shape index (κ2) is 4.34. The Kier molecular flexibility index (Phi) is 2.93. The van der Waals surface area contributed by atoms with Crippen molar-refractivity contribution >= 4 is 0 Å². The number of hydrogen-bond acceptors (Lipinski definition) is 1. The van der Waals surface area contributed by atoms with Gasteiger partial charge in [-0.3, -0.25) is 0 Å². The van der Waals surface area contributed by atoms with Crippen LogP contribution in [0.5, 0.6) is 0 Å². The standard InChI is InChI=1S/C16H22FN/c1-16(18,14-4-6-15(17)7-5-14)10-13-9-11-2-3-12(13)8-11/h4-7,11-13H,2-3,8-10,18H2,1H3. The molecular weight excluding hydrogens is 225 g/mol. The van der Waals surface area contributed by atoms with Gasteiger partial charge in [-0.25, -0.2) is 4.39 Å². The van der Waals surface area contributed by atoms with E-state index in [0.29, 0.717) is 0 Å². The topological polar surface area (TPSA) is 26.0 Å². The Morgan fingerprint density at radius 1 is 1.22 bits per heavy atom. The molecular formula is C16H22FN. The Hall–Kier alpha value is -0.890. The summed E-state index contributed by atoms with van der Waals surface area (Å²) >= 11 is 0. The van der Waals surface area contributed by atoms with E-state index in [1.165, 1.54) is 37.8 Å². The van der Waals surface area contributed by atoms with Gasteiger partial charge in [0, 0.05) is 5.54 Å². The molecule has 2 fully saturated rings. The first-order chi connectivity index (χ1) is 8.54. The van der Waals surface area contributed by atoms with E-state index in [1.807, 2.05) is 12.1 Å². The quantitative estimate of drug-likeness (QED) is 0.863. The molecule has 4 atom stereocenters. The maximum atomic E-state index is 13.0. The van der Waals surface area contributed by atoms with E-state index < -0.39 is 0 Å². The molecule has 0 aromatic heterocycles. The summed E-state index contributed by atoms with van der Waals surface area (Å²) in [6.07, 6.45) is 6.65. The maximum Gasteiger partial charge on any atom is 0.123 e. The van der Waals surface area contributed by atoms with Crippen molar-refractivity contribution in [1.82, 2.24) is 0 Å². The van der Waals surface area contributed by atoms with Gasteiger partial charge in [0.2, 0.25) is 0 Å². The Balaban J connectivity index is 1.72. The van der Waals surface area contributed by atoms with E-state index >= 15 is 0 Å². The first kappa shape index (κ1) is 12.2. The molecule has 1 aromatic carbocycles. The van der Waals surface area contributed by atoms with Crippen LogP contribution in [-0.2, 0) is 5.54 Å². The van der Waals surface area contributed by atoms with Crippen molar-refractivity contribution in [3.8, 4) is 0 Å². The summed E-state index contributed by atoms with van der Waals surface area (Å²) in [5, 5.41) is 0. The highest BCUT2D eigenvalue weighted by Gasteiger charge is 2.41. The molecule has 2 bridgehead atoms. The molecule has 2 aliphatic carbocycles. The molecule has 0 aliphatic heterocycles. The van der Waals surface area contributed by atoms with Crippen molar-refractivity contribution in [1.29, 1.82) is 0 Å². The molecule has 98 valence electrons. The van der Waals surface area contributed by atoms with E-state index in [1.54, 1.807) is 0 Å². The molecule has 2 heteroatoms. The number of halogens is 1. The van der Waals surface area contributed by atoms with Crippen molar-refractivity contribution in [2.75, 3.05) is 0 Å². The zero-order valence-electron chi connectivity index (χ0n) is 11.0. The van der Waals surface area contributed by atoms with E-state index in [0.717, 1.165) is 29.7 Å². The molecule has 1 nitrogen and oxygen atoms in total. The SMILES string of the molecule is CC(N)(CC1CC2CCC1C2)c1ccc(F)cc1. The molecule has 0 heterocycles. The van der Waals surface area contributed by atoms with Crippen molar-refractivity contribution in [3.05, 3.63) is 35.6 Å². The van der Waals surface area contributed by atoms with Gasteiger partial charge < -0.3 is 5.73 Å². The van der Waals surface area contributed by atoms with Crippen LogP contribution in [0.2, 0.25) is 0 Å². The van der Waals surface area contributed by atoms with Crippen LogP contribution >= 0.6 is 0 Å². The number of nitrogens with two attached hydrogens (primary N) is 1. The van der Waals surface area contributed by atoms with Gasteiger partial charge in [-0.1, -0.05) is 18.6 Å². The molecule has 1 aromatic rings. The van der Waals surface area contributed by atoms with Crippen LogP contribution in [0, 0.1) is 23.6 Å². The Morgan fingerprint density at radius 2 is 1.94 bits per heavy atom. The lowest BCUT2D eigenvalue weighted by Gasteiger charge is -2.32. The van der Waals surface area contributed by atoms with Gasteiger partial charge in [-0.2, -0.15) is 0 Å². The summed E-state index contributed by atoms with van der Waals surface area (Å²) in [6, 6.07) is 6.70. The monoisotopic (exact) mass is 247 g/mol. The van der Waals surface area contributed by atoms with Crippen molar-refractivity contribution in [2.45, 2.75) is 44.6 Å². The van der Waals surface area contributed by atoms with Crippen LogP contribution in [-0.4, -0.2) is 0 Å². The van der Waals surface area contributed by atoms with Crippen molar-refractivity contribution < 1.29 is 4.39 Å². The summed E-state index contributed by atoms with van der Waals surface area (Å²) in [5.74, 6) is 2.46. The lowest BCUT2D eigenvalue weighted by atomic mass is 9.77. The molecule has 18 heavy (non-hydrogen) atoms. The average Bonchev–Trinajstić information content (AvgIpc) is 2.91. The minimum absolute atomic E-state index is 0.186. The Labute approximate surface area is 109 Å². The zero-order valence-corrected chi connectivity index (χ0v) is 11.0. The van der Waals surface area contributed by atoms with Crippen LogP contribution in [0.4, 0.5) is 4.39 Å². The van der Waals surface area contributed by atoms with Gasteiger partial charge >= 0.3 is 0 Å². The fourth-order valence-corrected chi connectivity index (χ4v) is 4.12. The van der Waals surface area contributed by atoms with Crippen molar-refractivity contribution in [2.24, 2.45) is 23.5 Å². The summed E-state index contributed by atoms with van der Waals surface area (Å²) < 4.78 is 13.0. The van der Waals surface area contributed by atoms with Gasteiger partial charge in [0.05, 0.1) is 0 Å². The predicted molar refractivity (Wildman–Crippen MR) is 71.5 cm³/mol. The Bertz CT molecular complexity index is 423. The lowest BCUT2D eigenvalue weighted by molar-refractivity contribution is 0.253. The van der Waals surface area contributed by atoms with Crippen LogP contribution in [0.25, 0.3) is 0 Å². The first-order valence-corrected chi connectivity index (χ1v) is 7.09. The third kappa shape index (κ3) is 2.18. The van der Waals surface area contributed by atoms with Crippen LogP contribution in [0.3, 0.4) is 0 Å². The minimum atomic E-state index is -0.317. The van der Waals surface area contributed by atoms with Gasteiger partial charge in [0.15, 0.2) is 0 Å². The molecule has 0 spiro atoms. The number of benzene rings is 1. The molecule has 0 amide bonds. The first-order valence-electron chi connectivity index (χ1n) is 7.09. The smallest absolute Gasteiger partial charge is 0.123 e. The van der Waals surface area contributed by atoms with Crippen molar-refractivity contribution in [3.63, 3.8) is 0 Å². The zero-order chi connectivity index (χ0) is 12.8. The average molecular weight is 247 g/mol. The fraction of sp³-hybridized carbons (Fsp3) is 0.625. The van der Waals surface area contributed by atoms with E-state index in [-0.39, 0.29) is 11.4 Å². The highest BCUT2D eigenvalue weighted by Crippen LogP contribution is 2.51. The lowest BCUT2D eigenvalue weighted by Crippen LogP contribution is -2.36. The Morgan fingerprint density at radius 3 is 2.50 bits per heavy atom. The fourth-order valence-electron chi connectivity index (χ4n) is 4.12. The van der Waals surface area contributed by atoms with Crippen LogP contribution in [0.15, 0.2) is 24.3 Å². The van der Waals surface area contributed by atoms with Gasteiger partial charge in [-0.05, 0) is 68.1 Å². The minimum Gasteiger partial charge on any atom is -0.322 e. The van der Waals surface area contributed by atoms with Gasteiger partial charge in [0.1, 0.15) is 5.82 Å². The molecule has 0 radical (unpaired) electrons.